The number of halogens is 2. The molecule has 1 atom stereocenters. The number of benzene rings is 2. The summed E-state index contributed by atoms with van der Waals surface area (Å²) < 4.78 is 2.38. The third-order valence-electron chi connectivity index (χ3n) is 2.99. The van der Waals surface area contributed by atoms with Gasteiger partial charge in [0.05, 0.1) is 0 Å². The molecule has 0 aromatic heterocycles. The predicted molar refractivity (Wildman–Crippen MR) is 88.7 cm³/mol. The average molecular weight is 416 g/mol. The lowest BCUT2D eigenvalue weighted by molar-refractivity contribution is 0.717. The second-order valence-corrected chi connectivity index (χ2v) is 6.45. The lowest BCUT2D eigenvalue weighted by Gasteiger charge is -2.15. The molecule has 94 valence electrons. The quantitative estimate of drug-likeness (QED) is 0.728. The molecule has 3 heteroatoms. The molecule has 2 aromatic carbocycles. The number of rotatable bonds is 3. The third kappa shape index (κ3) is 3.33. The van der Waals surface area contributed by atoms with Gasteiger partial charge in [0, 0.05) is 14.1 Å². The lowest BCUT2D eigenvalue weighted by atomic mass is 9.98. The molecule has 0 spiro atoms. The Morgan fingerprint density at radius 1 is 1.17 bits per heavy atom. The summed E-state index contributed by atoms with van der Waals surface area (Å²) in [5, 5.41) is 0. The summed E-state index contributed by atoms with van der Waals surface area (Å²) in [4.78, 5) is 0. The molecule has 18 heavy (non-hydrogen) atoms. The smallest absolute Gasteiger partial charge is 0.0347 e. The Balaban J connectivity index is 2.19. The Hall–Kier alpha value is -0.390. The molecule has 0 radical (unpaired) electrons. The molecule has 0 aliphatic heterocycles. The molecule has 1 unspecified atom stereocenters. The highest BCUT2D eigenvalue weighted by Crippen LogP contribution is 2.27. The van der Waals surface area contributed by atoms with Crippen LogP contribution in [0.3, 0.4) is 0 Å². The first kappa shape index (κ1) is 14.0. The Bertz CT molecular complexity index is 537. The van der Waals surface area contributed by atoms with Gasteiger partial charge in [0.15, 0.2) is 0 Å². The summed E-state index contributed by atoms with van der Waals surface area (Å²) in [5.74, 6) is 0. The van der Waals surface area contributed by atoms with Crippen molar-refractivity contribution in [1.29, 1.82) is 0 Å². The fraction of sp³-hybridized carbons (Fsp3) is 0.200. The number of aryl methyl sites for hydroxylation is 1. The highest BCUT2D eigenvalue weighted by atomic mass is 127. The van der Waals surface area contributed by atoms with Gasteiger partial charge in [-0.3, -0.25) is 0 Å². The second kappa shape index (κ2) is 6.17. The molecule has 2 rings (SSSR count). The van der Waals surface area contributed by atoms with Gasteiger partial charge < -0.3 is 5.73 Å². The Kier molecular flexibility index (Phi) is 4.81. The van der Waals surface area contributed by atoms with Gasteiger partial charge >= 0.3 is 0 Å². The summed E-state index contributed by atoms with van der Waals surface area (Å²) in [5.41, 5.74) is 9.98. The van der Waals surface area contributed by atoms with Crippen molar-refractivity contribution in [3.63, 3.8) is 0 Å². The number of hydrogen-bond donors (Lipinski definition) is 1. The van der Waals surface area contributed by atoms with Crippen LogP contribution in [0.5, 0.6) is 0 Å². The van der Waals surface area contributed by atoms with Crippen molar-refractivity contribution >= 4 is 38.5 Å². The van der Waals surface area contributed by atoms with E-state index in [4.69, 9.17) is 5.73 Å². The molecule has 0 amide bonds. The van der Waals surface area contributed by atoms with Gasteiger partial charge in [-0.05, 0) is 64.8 Å². The molecule has 0 aliphatic rings. The average Bonchev–Trinajstić information content (AvgIpc) is 2.35. The molecule has 0 bridgehead atoms. The number of hydrogen-bond acceptors (Lipinski definition) is 1. The normalized spacial score (nSPS) is 12.4. The molecular weight excluding hydrogens is 401 g/mol. The van der Waals surface area contributed by atoms with Crippen LogP contribution in [0.1, 0.15) is 22.7 Å². The van der Waals surface area contributed by atoms with Crippen molar-refractivity contribution < 1.29 is 0 Å². The van der Waals surface area contributed by atoms with Crippen LogP contribution in [0.15, 0.2) is 46.9 Å². The van der Waals surface area contributed by atoms with Crippen molar-refractivity contribution in [2.45, 2.75) is 19.4 Å². The van der Waals surface area contributed by atoms with Gasteiger partial charge in [0.1, 0.15) is 0 Å². The zero-order valence-electron chi connectivity index (χ0n) is 10.2. The standard InChI is InChI=1S/C15H15BrIN/c1-10-3-2-4-13(15(10)16)14(18)9-11-5-7-12(17)8-6-11/h2-8,14H,9,18H2,1H3. The van der Waals surface area contributed by atoms with Gasteiger partial charge in [0.25, 0.3) is 0 Å². The van der Waals surface area contributed by atoms with Crippen LogP contribution >= 0.6 is 38.5 Å². The van der Waals surface area contributed by atoms with Crippen molar-refractivity contribution in [3.8, 4) is 0 Å². The van der Waals surface area contributed by atoms with E-state index in [2.05, 4.69) is 87.9 Å². The molecule has 0 saturated heterocycles. The van der Waals surface area contributed by atoms with Crippen LogP contribution in [-0.2, 0) is 6.42 Å². The Morgan fingerprint density at radius 3 is 2.50 bits per heavy atom. The second-order valence-electron chi connectivity index (χ2n) is 4.42. The van der Waals surface area contributed by atoms with Gasteiger partial charge in [-0.2, -0.15) is 0 Å². The Labute approximate surface area is 130 Å². The van der Waals surface area contributed by atoms with E-state index in [0.29, 0.717) is 0 Å². The van der Waals surface area contributed by atoms with E-state index in [1.165, 1.54) is 20.3 Å². The van der Waals surface area contributed by atoms with Crippen molar-refractivity contribution in [2.24, 2.45) is 5.73 Å². The van der Waals surface area contributed by atoms with Gasteiger partial charge in [0.2, 0.25) is 0 Å². The summed E-state index contributed by atoms with van der Waals surface area (Å²) in [6, 6.07) is 14.8. The first-order valence-electron chi connectivity index (χ1n) is 5.83. The van der Waals surface area contributed by atoms with E-state index in [9.17, 15) is 0 Å². The summed E-state index contributed by atoms with van der Waals surface area (Å²) in [6.45, 7) is 2.09. The van der Waals surface area contributed by atoms with Crippen molar-refractivity contribution in [1.82, 2.24) is 0 Å². The van der Waals surface area contributed by atoms with E-state index < -0.39 is 0 Å². The van der Waals surface area contributed by atoms with Gasteiger partial charge in [-0.15, -0.1) is 0 Å². The highest BCUT2D eigenvalue weighted by molar-refractivity contribution is 14.1. The monoisotopic (exact) mass is 415 g/mol. The maximum absolute atomic E-state index is 6.30. The van der Waals surface area contributed by atoms with E-state index in [1.54, 1.807) is 0 Å². The highest BCUT2D eigenvalue weighted by Gasteiger charge is 2.11. The van der Waals surface area contributed by atoms with Crippen LogP contribution in [0.25, 0.3) is 0 Å². The fourth-order valence-electron chi connectivity index (χ4n) is 1.94. The molecule has 0 aliphatic carbocycles. The van der Waals surface area contributed by atoms with Crippen LogP contribution in [0, 0.1) is 10.5 Å². The first-order chi connectivity index (χ1) is 8.58. The molecule has 1 nitrogen and oxygen atoms in total. The van der Waals surface area contributed by atoms with E-state index >= 15 is 0 Å². The van der Waals surface area contributed by atoms with Crippen LogP contribution in [-0.4, -0.2) is 0 Å². The molecule has 2 N–H and O–H groups in total. The maximum atomic E-state index is 6.30. The summed E-state index contributed by atoms with van der Waals surface area (Å²) in [7, 11) is 0. The predicted octanol–water partition coefficient (Wildman–Crippen LogP) is 4.60. The third-order valence-corrected chi connectivity index (χ3v) is 4.79. The molecular formula is C15H15BrIN. The lowest BCUT2D eigenvalue weighted by Crippen LogP contribution is -2.14. The van der Waals surface area contributed by atoms with E-state index in [-0.39, 0.29) is 6.04 Å². The van der Waals surface area contributed by atoms with Gasteiger partial charge in [-0.25, -0.2) is 0 Å². The Morgan fingerprint density at radius 2 is 1.83 bits per heavy atom. The van der Waals surface area contributed by atoms with Crippen LogP contribution < -0.4 is 5.73 Å². The fourth-order valence-corrected chi connectivity index (χ4v) is 2.86. The SMILES string of the molecule is Cc1cccc(C(N)Cc2ccc(I)cc2)c1Br. The van der Waals surface area contributed by atoms with Crippen molar-refractivity contribution in [2.75, 3.05) is 0 Å². The van der Waals surface area contributed by atoms with Crippen LogP contribution in [0.2, 0.25) is 0 Å². The van der Waals surface area contributed by atoms with Gasteiger partial charge in [-0.1, -0.05) is 46.3 Å². The molecule has 0 heterocycles. The van der Waals surface area contributed by atoms with Crippen molar-refractivity contribution in [3.05, 3.63) is 67.2 Å². The first-order valence-corrected chi connectivity index (χ1v) is 7.70. The molecule has 2 aromatic rings. The summed E-state index contributed by atoms with van der Waals surface area (Å²) in [6.07, 6.45) is 0.860. The van der Waals surface area contributed by atoms with Crippen LogP contribution in [0.4, 0.5) is 0 Å². The van der Waals surface area contributed by atoms with E-state index in [1.807, 2.05) is 0 Å². The maximum Gasteiger partial charge on any atom is 0.0347 e. The minimum Gasteiger partial charge on any atom is -0.324 e. The number of nitrogens with two attached hydrogens (primary N) is 1. The molecule has 0 fully saturated rings. The summed E-state index contributed by atoms with van der Waals surface area (Å²) >= 11 is 5.94. The minimum absolute atomic E-state index is 0.0272. The topological polar surface area (TPSA) is 26.0 Å². The minimum atomic E-state index is 0.0272. The zero-order chi connectivity index (χ0) is 13.1. The zero-order valence-corrected chi connectivity index (χ0v) is 13.9. The largest absolute Gasteiger partial charge is 0.324 e. The van der Waals surface area contributed by atoms with E-state index in [0.717, 1.165) is 10.9 Å². The molecule has 0 saturated carbocycles.